The fraction of sp³-hybridized carbons (Fsp3) is 0.556. The number of hydrogen-bond donors (Lipinski definition) is 1. The number of ether oxygens (including phenoxy) is 1. The van der Waals surface area contributed by atoms with Crippen LogP contribution in [0.1, 0.15) is 20.3 Å². The molecule has 1 atom stereocenters. The lowest BCUT2D eigenvalue weighted by Crippen LogP contribution is -2.13. The molecule has 1 heterocycles. The number of rotatable bonds is 2. The predicted molar refractivity (Wildman–Crippen MR) is 51.3 cm³/mol. The van der Waals surface area contributed by atoms with Crippen LogP contribution in [0.25, 0.3) is 0 Å². The smallest absolute Gasteiger partial charge is 0.304 e. The van der Waals surface area contributed by atoms with Crippen molar-refractivity contribution in [2.75, 3.05) is 0 Å². The molecule has 1 rings (SSSR count). The molecule has 1 unspecified atom stereocenters. The minimum absolute atomic E-state index is 0.444. The topological polar surface area (TPSA) is 64.3 Å². The number of imidazole rings is 1. The Hall–Kier alpha value is -1.36. The normalized spacial score (nSPS) is 11.1. The first kappa shape index (κ1) is 12.6. The van der Waals surface area contributed by atoms with Gasteiger partial charge in [-0.05, 0) is 0 Å². The van der Waals surface area contributed by atoms with E-state index in [1.165, 1.54) is 6.92 Å². The van der Waals surface area contributed by atoms with Gasteiger partial charge in [0.05, 0.1) is 6.33 Å². The van der Waals surface area contributed by atoms with Gasteiger partial charge in [0.2, 0.25) is 0 Å². The average Bonchev–Trinajstić information content (AvgIpc) is 2.56. The van der Waals surface area contributed by atoms with Crippen molar-refractivity contribution in [3.8, 4) is 0 Å². The third kappa shape index (κ3) is 7.30. The Morgan fingerprint density at radius 1 is 1.71 bits per heavy atom. The largest absolute Gasteiger partial charge is 0.436 e. The van der Waals surface area contributed by atoms with Crippen molar-refractivity contribution in [2.24, 2.45) is 7.05 Å². The minimum Gasteiger partial charge on any atom is -0.436 e. The van der Waals surface area contributed by atoms with Gasteiger partial charge in [0, 0.05) is 32.8 Å². The zero-order valence-electron chi connectivity index (χ0n) is 8.67. The van der Waals surface area contributed by atoms with Crippen LogP contribution in [-0.2, 0) is 16.6 Å². The Morgan fingerprint density at radius 2 is 2.36 bits per heavy atom. The number of esters is 1. The van der Waals surface area contributed by atoms with Crippen molar-refractivity contribution in [3.63, 3.8) is 0 Å². The van der Waals surface area contributed by atoms with Gasteiger partial charge >= 0.3 is 5.97 Å². The average molecular weight is 200 g/mol. The van der Waals surface area contributed by atoms with Crippen molar-refractivity contribution in [1.29, 1.82) is 0 Å². The molecule has 0 amide bonds. The molecule has 0 radical (unpaired) electrons. The van der Waals surface area contributed by atoms with Gasteiger partial charge in [-0.2, -0.15) is 0 Å². The number of aliphatic hydroxyl groups is 1. The van der Waals surface area contributed by atoms with Crippen molar-refractivity contribution >= 4 is 5.97 Å². The van der Waals surface area contributed by atoms with Crippen LogP contribution in [0.5, 0.6) is 0 Å². The van der Waals surface area contributed by atoms with Crippen LogP contribution in [0.4, 0.5) is 0 Å². The van der Waals surface area contributed by atoms with E-state index in [9.17, 15) is 4.79 Å². The third-order valence-electron chi connectivity index (χ3n) is 1.29. The maximum absolute atomic E-state index is 10.0. The zero-order chi connectivity index (χ0) is 11.0. The standard InChI is InChI=1S/C5H10O3.C4H6N2/c1-3-5(7)8-4(2)6;1-6-3-2-5-4-6/h5,7H,3H2,1-2H3;2-4H,1H3. The summed E-state index contributed by atoms with van der Waals surface area (Å²) in [4.78, 5) is 13.8. The van der Waals surface area contributed by atoms with Gasteiger partial charge in [-0.25, -0.2) is 4.98 Å². The summed E-state index contributed by atoms with van der Waals surface area (Å²) in [6.07, 6.45) is 4.91. The van der Waals surface area contributed by atoms with Crippen LogP contribution in [0, 0.1) is 0 Å². The number of carbonyl (C=O) groups excluding carboxylic acids is 1. The molecule has 1 aromatic heterocycles. The molecule has 0 bridgehead atoms. The molecule has 5 heteroatoms. The fourth-order valence-corrected chi connectivity index (χ4v) is 0.601. The van der Waals surface area contributed by atoms with Crippen molar-refractivity contribution in [3.05, 3.63) is 18.7 Å². The van der Waals surface area contributed by atoms with Gasteiger partial charge < -0.3 is 14.4 Å². The highest BCUT2D eigenvalue weighted by molar-refractivity contribution is 5.65. The van der Waals surface area contributed by atoms with E-state index < -0.39 is 12.3 Å². The molecule has 5 nitrogen and oxygen atoms in total. The second-order valence-corrected chi connectivity index (χ2v) is 2.70. The van der Waals surface area contributed by atoms with Crippen molar-refractivity contribution < 1.29 is 14.6 Å². The van der Waals surface area contributed by atoms with E-state index >= 15 is 0 Å². The summed E-state index contributed by atoms with van der Waals surface area (Å²) in [6, 6.07) is 0. The molecule has 1 N–H and O–H groups in total. The molecule has 80 valence electrons. The summed E-state index contributed by atoms with van der Waals surface area (Å²) in [6.45, 7) is 2.99. The second kappa shape index (κ2) is 7.08. The lowest BCUT2D eigenvalue weighted by atomic mass is 10.5. The van der Waals surface area contributed by atoms with Crippen molar-refractivity contribution in [2.45, 2.75) is 26.6 Å². The second-order valence-electron chi connectivity index (χ2n) is 2.70. The van der Waals surface area contributed by atoms with Crippen LogP contribution in [0.2, 0.25) is 0 Å². The molecule has 0 aliphatic heterocycles. The van der Waals surface area contributed by atoms with Gasteiger partial charge in [-0.1, -0.05) is 6.92 Å². The Labute approximate surface area is 83.3 Å². The first-order chi connectivity index (χ1) is 6.56. The fourth-order valence-electron chi connectivity index (χ4n) is 0.601. The monoisotopic (exact) mass is 200 g/mol. The highest BCUT2D eigenvalue weighted by Crippen LogP contribution is 1.91. The van der Waals surface area contributed by atoms with E-state index in [1.54, 1.807) is 19.4 Å². The molecule has 0 spiro atoms. The number of carbonyl (C=O) groups is 1. The Kier molecular flexibility index (Phi) is 6.39. The summed E-state index contributed by atoms with van der Waals surface area (Å²) in [5, 5.41) is 8.59. The van der Waals surface area contributed by atoms with E-state index in [1.807, 2.05) is 17.8 Å². The van der Waals surface area contributed by atoms with Gasteiger partial charge in [-0.3, -0.25) is 4.79 Å². The summed E-state index contributed by atoms with van der Waals surface area (Å²) in [5.41, 5.74) is 0. The van der Waals surface area contributed by atoms with Gasteiger partial charge in [0.15, 0.2) is 6.29 Å². The van der Waals surface area contributed by atoms with Gasteiger partial charge in [0.25, 0.3) is 0 Å². The minimum atomic E-state index is -0.924. The molecule has 0 aliphatic carbocycles. The maximum Gasteiger partial charge on any atom is 0.304 e. The Balaban J connectivity index is 0.000000249. The number of nitrogens with zero attached hydrogens (tertiary/aromatic N) is 2. The Morgan fingerprint density at radius 3 is 2.50 bits per heavy atom. The molecular weight excluding hydrogens is 184 g/mol. The van der Waals surface area contributed by atoms with Gasteiger partial charge in [-0.15, -0.1) is 0 Å². The molecule has 0 fully saturated rings. The Bertz CT molecular complexity index is 247. The van der Waals surface area contributed by atoms with Crippen LogP contribution >= 0.6 is 0 Å². The van der Waals surface area contributed by atoms with E-state index in [2.05, 4.69) is 9.72 Å². The first-order valence-electron chi connectivity index (χ1n) is 4.33. The van der Waals surface area contributed by atoms with E-state index in [-0.39, 0.29) is 0 Å². The van der Waals surface area contributed by atoms with Crippen LogP contribution in [0.15, 0.2) is 18.7 Å². The highest BCUT2D eigenvalue weighted by atomic mass is 16.6. The van der Waals surface area contributed by atoms with Crippen LogP contribution in [-0.4, -0.2) is 26.9 Å². The molecular formula is C9H16N2O3. The quantitative estimate of drug-likeness (QED) is 0.563. The summed E-state index contributed by atoms with van der Waals surface area (Å²) in [5.74, 6) is -0.445. The first-order valence-corrected chi connectivity index (χ1v) is 4.33. The summed E-state index contributed by atoms with van der Waals surface area (Å²) < 4.78 is 6.20. The summed E-state index contributed by atoms with van der Waals surface area (Å²) >= 11 is 0. The third-order valence-corrected chi connectivity index (χ3v) is 1.29. The van der Waals surface area contributed by atoms with Crippen LogP contribution in [0.3, 0.4) is 0 Å². The SMILES string of the molecule is CCC(O)OC(C)=O.Cn1ccnc1. The van der Waals surface area contributed by atoms with Crippen molar-refractivity contribution in [1.82, 2.24) is 9.55 Å². The molecule has 0 saturated heterocycles. The molecule has 0 aliphatic rings. The number of aliphatic hydroxyl groups excluding tert-OH is 1. The highest BCUT2D eigenvalue weighted by Gasteiger charge is 2.00. The molecule has 0 aromatic carbocycles. The number of hydrogen-bond acceptors (Lipinski definition) is 4. The number of aromatic nitrogens is 2. The lowest BCUT2D eigenvalue weighted by Gasteiger charge is -2.05. The number of aryl methyl sites for hydroxylation is 1. The zero-order valence-corrected chi connectivity index (χ0v) is 8.67. The molecule has 1 aromatic rings. The van der Waals surface area contributed by atoms with Crippen LogP contribution < -0.4 is 0 Å². The van der Waals surface area contributed by atoms with E-state index in [0.29, 0.717) is 6.42 Å². The van der Waals surface area contributed by atoms with E-state index in [0.717, 1.165) is 0 Å². The predicted octanol–water partition coefficient (Wildman–Crippen LogP) is 0.698. The lowest BCUT2D eigenvalue weighted by molar-refractivity contribution is -0.165. The maximum atomic E-state index is 10.0. The molecule has 0 saturated carbocycles. The van der Waals surface area contributed by atoms with E-state index in [4.69, 9.17) is 5.11 Å². The van der Waals surface area contributed by atoms with Gasteiger partial charge in [0.1, 0.15) is 0 Å². The summed E-state index contributed by atoms with van der Waals surface area (Å²) in [7, 11) is 1.94. The molecule has 14 heavy (non-hydrogen) atoms.